The minimum Gasteiger partial charge on any atom is -0.870 e. The Morgan fingerprint density at radius 2 is 0.871 bits per heavy atom. The number of aliphatic hydroxyl groups excluding tert-OH is 1. The Morgan fingerprint density at radius 1 is 0.565 bits per heavy atom. The molecule has 10 atom stereocenters. The monoisotopic (exact) mass is 2110 g/mol. The summed E-state index contributed by atoms with van der Waals surface area (Å²) < 4.78 is 95.6. The number of halogens is 4. The topological polar surface area (TPSA) is 640 Å². The molecule has 0 bridgehead atoms. The molecule has 9 amide bonds. The summed E-state index contributed by atoms with van der Waals surface area (Å²) in [6.45, 7) is 11.4. The molecule has 0 radical (unpaired) electrons. The third kappa shape index (κ3) is 69.0. The Kier molecular flexibility index (Phi) is 89.0. The van der Waals surface area contributed by atoms with E-state index in [2.05, 4.69) is 110 Å². The van der Waals surface area contributed by atoms with Crippen LogP contribution < -0.4 is 78.1 Å². The van der Waals surface area contributed by atoms with Crippen LogP contribution in [0.3, 0.4) is 0 Å². The van der Waals surface area contributed by atoms with Crippen molar-refractivity contribution >= 4 is 167 Å². The van der Waals surface area contributed by atoms with Gasteiger partial charge in [0.15, 0.2) is 0 Å². The van der Waals surface area contributed by atoms with Crippen molar-refractivity contribution in [2.24, 2.45) is 17.2 Å². The number of nitrogens with two attached hydrogens (primary N) is 3. The Morgan fingerprint density at radius 3 is 1.13 bits per heavy atom. The number of aliphatic carboxylic acids is 1. The van der Waals surface area contributed by atoms with Gasteiger partial charge >= 0.3 is 65.9 Å². The first-order chi connectivity index (χ1) is 55.5. The van der Waals surface area contributed by atoms with E-state index in [9.17, 15) is 70.3 Å². The van der Waals surface area contributed by atoms with Gasteiger partial charge in [0, 0.05) is 235 Å². The molecule has 17 N–H and O–H groups in total. The fourth-order valence-electron chi connectivity index (χ4n) is 9.44. The Labute approximate surface area is 871 Å². The van der Waals surface area contributed by atoms with Crippen LogP contribution in [0, 0.1) is 113 Å². The Bertz CT molecular complexity index is 3680. The number of likely N-dealkylation sites (N-methyl/N-ethyl adjacent to an activating group) is 5. The van der Waals surface area contributed by atoms with Gasteiger partial charge in [0.05, 0.1) is 19.2 Å². The number of carbonyl (C=O) groups is 11. The predicted molar refractivity (Wildman–Crippen MR) is 458 cm³/mol. The maximum absolute atomic E-state index is 11.6. The molecule has 3 unspecified atom stereocenters. The average molecular weight is 2110 g/mol. The number of amides is 9. The molecule has 41 nitrogen and oxygen atoms in total. The number of nitrogens with one attached hydrogen (secondary N) is 6. The van der Waals surface area contributed by atoms with E-state index in [0.717, 1.165) is 46.6 Å². The zero-order valence-corrected chi connectivity index (χ0v) is 82.5. The average Bonchev–Trinajstić information content (AvgIpc) is 1.57. The van der Waals surface area contributed by atoms with E-state index >= 15 is 0 Å². The summed E-state index contributed by atoms with van der Waals surface area (Å²) in [4.78, 5) is 130. The van der Waals surface area contributed by atoms with Crippen LogP contribution in [-0.2, 0) is 126 Å². The van der Waals surface area contributed by atoms with E-state index in [1.54, 1.807) is 38.0 Å². The number of alkyl carbamates (subject to hydrolysis) is 4. The van der Waals surface area contributed by atoms with Crippen LogP contribution in [0.5, 0.6) is 0 Å². The second-order valence-electron chi connectivity index (χ2n) is 25.6. The van der Waals surface area contributed by atoms with Crippen LogP contribution in [-0.4, -0.2) is 285 Å². The summed E-state index contributed by atoms with van der Waals surface area (Å²) in [6, 6.07) is 33.2. The van der Waals surface area contributed by atoms with Crippen molar-refractivity contribution in [1.29, 1.82) is 0 Å². The molecular weight excluding hydrogens is 2000 g/mol. The van der Waals surface area contributed by atoms with Crippen LogP contribution >= 0.6 is 53.8 Å². The number of carboxylic acids is 1. The van der Waals surface area contributed by atoms with Gasteiger partial charge in [-0.05, 0) is 98.0 Å². The fraction of sp³-hybridized carbons (Fsp3) is 0.500. The number of likely N-dealkylation sites (tertiary alicyclic amines) is 4. The zero-order valence-electron chi connectivity index (χ0n) is 69.7. The number of carbonyl (C=O) groups excluding carboxylic acids is 10. The predicted octanol–water partition coefficient (Wildman–Crippen LogP) is -0.888. The summed E-state index contributed by atoms with van der Waals surface area (Å²) in [7, 11) is 19.6. The van der Waals surface area contributed by atoms with Crippen molar-refractivity contribution < 1.29 is 271 Å². The molecule has 9 rings (SSSR count). The van der Waals surface area contributed by atoms with Gasteiger partial charge in [0.25, 0.3) is 0 Å². The van der Waals surface area contributed by atoms with Crippen molar-refractivity contribution in [1.82, 2.24) is 55.2 Å². The molecule has 5 aliphatic rings. The smallest absolute Gasteiger partial charge is 0.870 e. The number of benzene rings is 4. The third-order valence-electron chi connectivity index (χ3n) is 15.4. The van der Waals surface area contributed by atoms with Crippen molar-refractivity contribution in [2.45, 2.75) is 133 Å². The quantitative estimate of drug-likeness (QED) is 0.00865. The minimum absolute atomic E-state index is 0. The number of esters is 1. The third-order valence-corrected chi connectivity index (χ3v) is 16.6. The fourth-order valence-corrected chi connectivity index (χ4v) is 10.3. The molecule has 5 saturated heterocycles. The first-order valence-electron chi connectivity index (χ1n) is 35.5. The molecule has 4 aromatic rings. The number of hydrogen-bond acceptors (Lipinski definition) is 28. The molecule has 0 saturated carbocycles. The van der Waals surface area contributed by atoms with Crippen LogP contribution in [0.4, 0.5) is 19.2 Å². The molecular formula is C70H110Ar3Cl3IN14NaO27S4Si-3. The summed E-state index contributed by atoms with van der Waals surface area (Å²) in [5, 5.41) is 28.2. The van der Waals surface area contributed by atoms with Crippen LogP contribution in [0.25, 0.3) is 0 Å². The summed E-state index contributed by atoms with van der Waals surface area (Å²) >= 11 is -2.12. The van der Waals surface area contributed by atoms with Crippen molar-refractivity contribution in [2.75, 3.05) is 95.3 Å². The molecule has 54 heteroatoms. The van der Waals surface area contributed by atoms with Crippen molar-refractivity contribution in [3.8, 4) is 0 Å². The van der Waals surface area contributed by atoms with Crippen LogP contribution in [0.15, 0.2) is 121 Å². The van der Waals surface area contributed by atoms with E-state index in [1.807, 2.05) is 121 Å². The van der Waals surface area contributed by atoms with Gasteiger partial charge in [0.2, 0.25) is 38.8 Å². The molecule has 706 valence electrons. The van der Waals surface area contributed by atoms with Crippen LogP contribution in [0.2, 0.25) is 19.6 Å². The number of carboxylic acid groups (broad SMARTS) is 1. The summed E-state index contributed by atoms with van der Waals surface area (Å²) in [6.07, 6.45) is 1.12. The van der Waals surface area contributed by atoms with Gasteiger partial charge in [-0.15, -0.1) is 21.8 Å². The van der Waals surface area contributed by atoms with Gasteiger partial charge in [-0.25, -0.2) is 42.0 Å². The van der Waals surface area contributed by atoms with E-state index in [-0.39, 0.29) is 235 Å². The number of nitrogens with zero attached hydrogens (tertiary/aromatic N) is 5. The maximum Gasteiger partial charge on any atom is 1.00 e. The Balaban J connectivity index is -0.000000206. The minimum atomic E-state index is -2.39. The molecule has 0 aromatic heterocycles. The molecule has 5 aliphatic heterocycles. The van der Waals surface area contributed by atoms with Crippen molar-refractivity contribution in [3.05, 3.63) is 144 Å². The molecule has 5 fully saturated rings. The second kappa shape index (κ2) is 80.8. The number of methoxy groups -OCH3 is 1. The first-order valence-corrected chi connectivity index (χ1v) is 48.9. The molecule has 0 aliphatic carbocycles. The van der Waals surface area contributed by atoms with Crippen molar-refractivity contribution in [3.63, 3.8) is 0 Å². The normalized spacial score (nSPS) is 17.0. The van der Waals surface area contributed by atoms with Crippen LogP contribution in [0.1, 0.15) is 67.2 Å². The Hall–Kier alpha value is -2.99. The van der Waals surface area contributed by atoms with E-state index in [4.69, 9.17) is 59.3 Å². The number of rotatable bonds is 22. The number of hydrogen-bond donors (Lipinski definition) is 11. The van der Waals surface area contributed by atoms with Gasteiger partial charge in [-0.2, -0.15) is 0 Å². The van der Waals surface area contributed by atoms with Gasteiger partial charge in [-0.1, -0.05) is 141 Å². The largest absolute Gasteiger partial charge is 1.00 e. The van der Waals surface area contributed by atoms with E-state index < -0.39 is 120 Å². The van der Waals surface area contributed by atoms with Gasteiger partial charge in [-0.3, -0.25) is 36.6 Å². The van der Waals surface area contributed by atoms with Gasteiger partial charge in [0.1, 0.15) is 62.2 Å². The SMILES string of the molecule is CN1CC[C@H](N(C)S(=O)[O-])C1=O.CN1CC[C@H](N)C1=O.CN1CC[C@H](NC(=O)OCc2ccccc2)C1=O.CN1CC[C@H](NS(=O)[O-])C1=O.CO.COC(=O)[C@H](CCN)NC(=O)OCc1ccccc1.C[Si](C)(C)I.NCC[C@H](NC(=O)OCc1ccccc1)C(=O)O.O.O=C(N[C@H]1CCNC1=O)OCc1ccccc1.O=S(Cl)Cl.O=S([O-])Cl.[Ar].[Ar].[Ar].[Na+].[OH-]. The van der Waals surface area contributed by atoms with E-state index in [1.165, 1.54) is 24.0 Å². The first kappa shape index (κ1) is 136. The zero-order chi connectivity index (χ0) is 90.0. The molecule has 5 heterocycles. The summed E-state index contributed by atoms with van der Waals surface area (Å²) in [5.74, 6) is -2.09. The molecule has 4 aromatic carbocycles. The van der Waals surface area contributed by atoms with E-state index in [0.29, 0.717) is 58.3 Å². The number of ether oxygens (including phenoxy) is 5. The number of aliphatic hydroxyl groups is 1. The second-order valence-corrected chi connectivity index (χ2v) is 44.8. The summed E-state index contributed by atoms with van der Waals surface area (Å²) in [5.41, 5.74) is 18.9. The maximum atomic E-state index is 11.6. The molecule has 0 spiro atoms. The van der Waals surface area contributed by atoms with Gasteiger partial charge < -0.3 is 122 Å². The standard InChI is InChI=1S/C13H18N2O4.C13H16N2O3.C12H16N2O4.C12H14N2O3.C6H12N2O3S.C5H10N2O3S.C5H10N2O.C3H9ISi.CH4O.3Ar.Cl2OS.ClHO2S.Na.2H2O/c1-18-12(16)11(7-8-14)15-13(17)19-9-10-5-3-2-4-6-10;1-15-8-7-11(12(15)16)14-13(17)18-9-10-5-3-2-4-6-10;13-7-6-10(11(15)16)14-12(17)18-8-9-4-2-1-3-5-9;15-11-10(6-7-13-11)14-12(16)17-8-9-4-2-1-3-5-9;1-7-4-3-5(6(7)9)8(2)12(10)11;1-7-3-2-4(5(7)8)6-11(9)10;1-7-3-2-4(6)5(7)8;1-5(2,3)4;1-2;;;;2*1-4(2)3;;;/h2-6,11H,7-9,14H2,1H3,(H,15,17);2-6,11H,7-9H2,1H3,(H,14,17);1-5,10H,6-8,13H2,(H,14,17)(H,15,16);1-5,10H,6-8H2,(H,13,15)(H,14,16);5H,3-4H2,1-2H3,(H,10,11);4,6H,2-3H2,1H3,(H,9,10);4H,2-3,6H2,1H3;1-3H3;2H,1H3;;;;;(H,2,3);;2*1H2/q;;;;;;;;;;;;;;+1;;/p-4/t2*11-;2*10-;5-;2*4-;;;;;;;;;;/m0000000........../s1. The molecule has 124 heavy (non-hydrogen) atoms.